The summed E-state index contributed by atoms with van der Waals surface area (Å²) in [5.74, 6) is 0.0374. The van der Waals surface area contributed by atoms with E-state index in [4.69, 9.17) is 16.3 Å². The number of carbonyl (C=O) groups excluding carboxylic acids is 1. The van der Waals surface area contributed by atoms with Crippen LogP contribution in [-0.2, 0) is 9.53 Å². The zero-order valence-electron chi connectivity index (χ0n) is 8.78. The number of halogens is 2. The molecule has 1 aromatic heterocycles. The van der Waals surface area contributed by atoms with Crippen LogP contribution < -0.4 is 5.32 Å². The fraction of sp³-hybridized carbons (Fsp3) is 0.500. The first-order valence-electron chi connectivity index (χ1n) is 5.25. The number of nitrogens with one attached hydrogen (secondary N) is 1. The van der Waals surface area contributed by atoms with Gasteiger partial charge >= 0.3 is 0 Å². The van der Waals surface area contributed by atoms with Gasteiger partial charge in [0.15, 0.2) is 0 Å². The number of amides is 1. The van der Waals surface area contributed by atoms with Crippen molar-refractivity contribution in [2.24, 2.45) is 0 Å². The van der Waals surface area contributed by atoms with Gasteiger partial charge in [-0.2, -0.15) is 0 Å². The second-order valence-corrected chi connectivity index (χ2v) is 6.55. The van der Waals surface area contributed by atoms with E-state index < -0.39 is 0 Å². The summed E-state index contributed by atoms with van der Waals surface area (Å²) < 4.78 is 6.93. The molecule has 2 saturated heterocycles. The fourth-order valence-electron chi connectivity index (χ4n) is 2.20. The molecule has 3 heterocycles. The Hall–Kier alpha value is -0.140. The Balaban J connectivity index is 1.90. The average Bonchev–Trinajstić information content (AvgIpc) is 2.82. The molecule has 7 heteroatoms. The summed E-state index contributed by atoms with van der Waals surface area (Å²) in [6, 6.07) is 1.81. The normalized spacial score (nSPS) is 29.2. The number of hydrogen-bond donors (Lipinski definition) is 1. The minimum Gasteiger partial charge on any atom is -0.378 e. The molecule has 3 rings (SSSR count). The third-order valence-corrected chi connectivity index (χ3v) is 5.54. The van der Waals surface area contributed by atoms with Gasteiger partial charge in [0.25, 0.3) is 0 Å². The van der Waals surface area contributed by atoms with Crippen LogP contribution in [0.15, 0.2) is 10.5 Å². The largest absolute Gasteiger partial charge is 0.378 e. The molecule has 0 spiro atoms. The number of thiophene rings is 1. The van der Waals surface area contributed by atoms with Gasteiger partial charge in [0.05, 0.1) is 13.2 Å². The van der Waals surface area contributed by atoms with E-state index in [1.807, 2.05) is 6.07 Å². The van der Waals surface area contributed by atoms with Gasteiger partial charge in [-0.05, 0) is 22.0 Å². The lowest BCUT2D eigenvalue weighted by Crippen LogP contribution is -2.44. The molecule has 2 aliphatic rings. The van der Waals surface area contributed by atoms with Crippen LogP contribution in [0.2, 0.25) is 4.34 Å². The Bertz CT molecular complexity index is 448. The van der Waals surface area contributed by atoms with Crippen LogP contribution in [0.1, 0.15) is 11.0 Å². The number of ether oxygens (including phenoxy) is 1. The van der Waals surface area contributed by atoms with Crippen molar-refractivity contribution in [1.29, 1.82) is 0 Å². The third-order valence-electron chi connectivity index (χ3n) is 3.02. The smallest absolute Gasteiger partial charge is 0.241 e. The quantitative estimate of drug-likeness (QED) is 0.852. The van der Waals surface area contributed by atoms with E-state index in [2.05, 4.69) is 26.1 Å². The van der Waals surface area contributed by atoms with E-state index in [0.29, 0.717) is 17.6 Å². The van der Waals surface area contributed by atoms with E-state index >= 15 is 0 Å². The van der Waals surface area contributed by atoms with Crippen LogP contribution in [0, 0.1) is 0 Å². The van der Waals surface area contributed by atoms with Crippen molar-refractivity contribution in [2.45, 2.75) is 12.2 Å². The van der Waals surface area contributed by atoms with Crippen molar-refractivity contribution < 1.29 is 9.53 Å². The lowest BCUT2D eigenvalue weighted by atomic mass is 10.2. The minimum atomic E-state index is -0.159. The van der Waals surface area contributed by atoms with Gasteiger partial charge in [0.2, 0.25) is 5.91 Å². The van der Waals surface area contributed by atoms with Crippen LogP contribution in [0.25, 0.3) is 0 Å². The van der Waals surface area contributed by atoms with Gasteiger partial charge in [-0.3, -0.25) is 9.69 Å². The third kappa shape index (κ3) is 2.02. The van der Waals surface area contributed by atoms with Crippen molar-refractivity contribution >= 4 is 44.8 Å². The Morgan fingerprint density at radius 2 is 2.47 bits per heavy atom. The van der Waals surface area contributed by atoms with E-state index in [-0.39, 0.29) is 18.1 Å². The second-order valence-electron chi connectivity index (χ2n) is 4.01. The summed E-state index contributed by atoms with van der Waals surface area (Å²) in [5.41, 5.74) is 0. The molecule has 4 nitrogen and oxygen atoms in total. The molecule has 0 aromatic carbocycles. The van der Waals surface area contributed by atoms with Crippen molar-refractivity contribution in [3.8, 4) is 0 Å². The summed E-state index contributed by atoms with van der Waals surface area (Å²) in [5, 5.41) is 2.99. The Kier molecular flexibility index (Phi) is 3.16. The van der Waals surface area contributed by atoms with Crippen LogP contribution in [0.4, 0.5) is 0 Å². The molecule has 0 saturated carbocycles. The predicted octanol–water partition coefficient (Wildman–Crippen LogP) is 1.99. The molecule has 2 fully saturated rings. The van der Waals surface area contributed by atoms with Gasteiger partial charge in [-0.25, -0.2) is 0 Å². The number of hydrogen-bond acceptors (Lipinski definition) is 4. The Labute approximate surface area is 116 Å². The average molecular weight is 338 g/mol. The molecule has 0 aliphatic carbocycles. The van der Waals surface area contributed by atoms with Crippen LogP contribution in [0.5, 0.6) is 0 Å². The highest BCUT2D eigenvalue weighted by atomic mass is 79.9. The highest BCUT2D eigenvalue weighted by Crippen LogP contribution is 2.38. The van der Waals surface area contributed by atoms with Gasteiger partial charge in [-0.15, -0.1) is 11.3 Å². The van der Waals surface area contributed by atoms with E-state index in [1.54, 1.807) is 0 Å². The van der Waals surface area contributed by atoms with Crippen molar-refractivity contribution in [2.75, 3.05) is 19.8 Å². The molecule has 0 unspecified atom stereocenters. The first kappa shape index (κ1) is 11.9. The fourth-order valence-corrected chi connectivity index (χ4v) is 4.01. The standard InChI is InChI=1S/C10H10BrClN2O2S/c11-5-3-7(17-8(5)12)9-13-10(15)6-4-16-2-1-14(6)9/h3,6,9H,1-2,4H2,(H,13,15)/t6-,9-/m1/s1. The molecule has 17 heavy (non-hydrogen) atoms. The zero-order valence-corrected chi connectivity index (χ0v) is 11.9. The highest BCUT2D eigenvalue weighted by Gasteiger charge is 2.42. The van der Waals surface area contributed by atoms with E-state index in [1.165, 1.54) is 11.3 Å². The Morgan fingerprint density at radius 3 is 3.18 bits per heavy atom. The van der Waals surface area contributed by atoms with Crippen LogP contribution in [0.3, 0.4) is 0 Å². The summed E-state index contributed by atoms with van der Waals surface area (Å²) in [7, 11) is 0. The van der Waals surface area contributed by atoms with Gasteiger partial charge in [0, 0.05) is 15.9 Å². The summed E-state index contributed by atoms with van der Waals surface area (Å²) in [6.45, 7) is 1.91. The summed E-state index contributed by atoms with van der Waals surface area (Å²) >= 11 is 10.9. The van der Waals surface area contributed by atoms with Gasteiger partial charge in [-0.1, -0.05) is 11.6 Å². The Morgan fingerprint density at radius 1 is 1.65 bits per heavy atom. The minimum absolute atomic E-state index is 0.0374. The molecule has 2 aliphatic heterocycles. The predicted molar refractivity (Wildman–Crippen MR) is 69.2 cm³/mol. The number of fused-ring (bicyclic) bond motifs is 1. The molecule has 1 amide bonds. The molecule has 1 aromatic rings. The SMILES string of the molecule is O=C1N[C@@H](c2cc(Br)c(Cl)s2)N2CCOC[C@H]12. The highest BCUT2D eigenvalue weighted by molar-refractivity contribution is 9.10. The topological polar surface area (TPSA) is 41.6 Å². The summed E-state index contributed by atoms with van der Waals surface area (Å²) in [6.07, 6.45) is -0.0646. The van der Waals surface area contributed by atoms with Crippen molar-refractivity contribution in [3.63, 3.8) is 0 Å². The first-order chi connectivity index (χ1) is 8.16. The maximum Gasteiger partial charge on any atom is 0.241 e. The second kappa shape index (κ2) is 4.51. The maximum absolute atomic E-state index is 11.8. The van der Waals surface area contributed by atoms with Crippen LogP contribution in [-0.4, -0.2) is 36.6 Å². The van der Waals surface area contributed by atoms with Crippen molar-refractivity contribution in [3.05, 3.63) is 19.8 Å². The van der Waals surface area contributed by atoms with E-state index in [0.717, 1.165) is 15.9 Å². The molecule has 2 atom stereocenters. The molecule has 92 valence electrons. The summed E-state index contributed by atoms with van der Waals surface area (Å²) in [4.78, 5) is 15.0. The lowest BCUT2D eigenvalue weighted by Gasteiger charge is -2.30. The van der Waals surface area contributed by atoms with Crippen molar-refractivity contribution in [1.82, 2.24) is 10.2 Å². The zero-order chi connectivity index (χ0) is 12.0. The monoisotopic (exact) mass is 336 g/mol. The van der Waals surface area contributed by atoms with Crippen LogP contribution >= 0.6 is 38.9 Å². The number of rotatable bonds is 1. The number of carbonyl (C=O) groups is 1. The molecule has 0 radical (unpaired) electrons. The molecule has 1 N–H and O–H groups in total. The molecule has 0 bridgehead atoms. The maximum atomic E-state index is 11.8. The van der Waals surface area contributed by atoms with Gasteiger partial charge in [0.1, 0.15) is 16.5 Å². The molecular weight excluding hydrogens is 328 g/mol. The number of morpholine rings is 1. The first-order valence-corrected chi connectivity index (χ1v) is 7.24. The molecular formula is C10H10BrClN2O2S. The lowest BCUT2D eigenvalue weighted by molar-refractivity contribution is -0.125. The number of nitrogens with zero attached hydrogens (tertiary/aromatic N) is 1. The van der Waals surface area contributed by atoms with E-state index in [9.17, 15) is 4.79 Å². The van der Waals surface area contributed by atoms with Gasteiger partial charge < -0.3 is 10.1 Å².